The molecule has 1 aliphatic heterocycles. The Morgan fingerprint density at radius 1 is 1.17 bits per heavy atom. The zero-order valence-electron chi connectivity index (χ0n) is 15.9. The molecule has 0 N–H and O–H groups in total. The number of hydrogen-bond donors (Lipinski definition) is 0. The van der Waals surface area contributed by atoms with Gasteiger partial charge in [0.2, 0.25) is 0 Å². The minimum absolute atomic E-state index is 0.0966. The van der Waals surface area contributed by atoms with Crippen LogP contribution in [-0.4, -0.2) is 37.1 Å². The molecular formula is C22H21N3O2S2. The van der Waals surface area contributed by atoms with Crippen molar-refractivity contribution in [2.45, 2.75) is 17.9 Å². The fourth-order valence-corrected chi connectivity index (χ4v) is 6.20. The molecule has 4 rings (SSSR count). The predicted molar refractivity (Wildman–Crippen MR) is 114 cm³/mol. The lowest BCUT2D eigenvalue weighted by molar-refractivity contribution is 0.320. The van der Waals surface area contributed by atoms with Gasteiger partial charge in [-0.3, -0.25) is 4.90 Å². The fourth-order valence-electron chi connectivity index (χ4n) is 3.67. The van der Waals surface area contributed by atoms with Crippen molar-refractivity contribution >= 4 is 21.2 Å². The monoisotopic (exact) mass is 423 g/mol. The van der Waals surface area contributed by atoms with Gasteiger partial charge >= 0.3 is 0 Å². The smallest absolute Gasteiger partial charge is 0.178 e. The minimum Gasteiger partial charge on any atom is -0.296 e. The Kier molecular flexibility index (Phi) is 5.76. The molecule has 5 nitrogen and oxygen atoms in total. The second kappa shape index (κ2) is 8.46. The highest BCUT2D eigenvalue weighted by molar-refractivity contribution is 7.91. The van der Waals surface area contributed by atoms with E-state index in [0.717, 1.165) is 42.3 Å². The maximum Gasteiger partial charge on any atom is 0.178 e. The summed E-state index contributed by atoms with van der Waals surface area (Å²) in [6.45, 7) is 2.37. The molecule has 148 valence electrons. The van der Waals surface area contributed by atoms with E-state index in [0.29, 0.717) is 5.56 Å². The number of nitrogens with zero attached hydrogens (tertiary/aromatic N) is 3. The number of sulfone groups is 1. The average molecular weight is 424 g/mol. The van der Waals surface area contributed by atoms with Crippen molar-refractivity contribution in [3.05, 3.63) is 70.5 Å². The van der Waals surface area contributed by atoms with E-state index < -0.39 is 9.84 Å². The van der Waals surface area contributed by atoms with Crippen LogP contribution in [0, 0.1) is 17.2 Å². The van der Waals surface area contributed by atoms with Crippen LogP contribution in [0.2, 0.25) is 0 Å². The normalized spacial score (nSPS) is 17.3. The van der Waals surface area contributed by atoms with Crippen LogP contribution >= 0.6 is 11.3 Å². The third-order valence-corrected chi connectivity index (χ3v) is 7.84. The molecule has 3 aromatic rings. The summed E-state index contributed by atoms with van der Waals surface area (Å²) in [6, 6.07) is 18.4. The Labute approximate surface area is 175 Å². The third kappa shape index (κ3) is 4.73. The van der Waals surface area contributed by atoms with Gasteiger partial charge < -0.3 is 0 Å². The number of benzene rings is 2. The summed E-state index contributed by atoms with van der Waals surface area (Å²) in [5.41, 5.74) is 2.47. The van der Waals surface area contributed by atoms with Crippen LogP contribution in [0.1, 0.15) is 17.0 Å². The molecule has 1 aliphatic rings. The molecule has 2 heterocycles. The predicted octanol–water partition coefficient (Wildman–Crippen LogP) is 3.98. The minimum atomic E-state index is -3.40. The highest BCUT2D eigenvalue weighted by Crippen LogP contribution is 2.26. The molecule has 2 aromatic carbocycles. The van der Waals surface area contributed by atoms with Gasteiger partial charge in [0, 0.05) is 17.5 Å². The molecule has 7 heteroatoms. The van der Waals surface area contributed by atoms with Gasteiger partial charge in [-0.05, 0) is 37.1 Å². The Bertz CT molecular complexity index is 1130. The number of aromatic nitrogens is 1. The summed E-state index contributed by atoms with van der Waals surface area (Å²) in [5, 5.41) is 12.1. The lowest BCUT2D eigenvalue weighted by Crippen LogP contribution is -2.23. The summed E-state index contributed by atoms with van der Waals surface area (Å²) in [5.74, 6) is 0.213. The number of thiazole rings is 1. The highest BCUT2D eigenvalue weighted by Gasteiger charge is 2.28. The lowest BCUT2D eigenvalue weighted by Gasteiger charge is -2.14. The summed E-state index contributed by atoms with van der Waals surface area (Å²) in [4.78, 5) is 7.25. The Hall–Kier alpha value is -2.53. The van der Waals surface area contributed by atoms with Gasteiger partial charge in [-0.15, -0.1) is 11.3 Å². The first-order chi connectivity index (χ1) is 14.0. The molecule has 0 radical (unpaired) electrons. The number of hydrogen-bond acceptors (Lipinski definition) is 6. The van der Waals surface area contributed by atoms with Gasteiger partial charge in [0.25, 0.3) is 0 Å². The topological polar surface area (TPSA) is 74.1 Å². The first kappa shape index (κ1) is 19.8. The van der Waals surface area contributed by atoms with E-state index in [1.54, 1.807) is 29.5 Å². The Balaban J connectivity index is 1.37. The van der Waals surface area contributed by atoms with Gasteiger partial charge in [0.15, 0.2) is 9.84 Å². The van der Waals surface area contributed by atoms with E-state index in [-0.39, 0.29) is 16.6 Å². The van der Waals surface area contributed by atoms with E-state index in [2.05, 4.69) is 22.4 Å². The second-order valence-electron chi connectivity index (χ2n) is 7.30. The van der Waals surface area contributed by atoms with Crippen molar-refractivity contribution in [3.8, 4) is 17.3 Å². The van der Waals surface area contributed by atoms with E-state index in [4.69, 9.17) is 10.2 Å². The van der Waals surface area contributed by atoms with Crippen molar-refractivity contribution in [3.63, 3.8) is 0 Å². The van der Waals surface area contributed by atoms with E-state index >= 15 is 0 Å². The van der Waals surface area contributed by atoms with Crippen molar-refractivity contribution in [1.29, 1.82) is 5.26 Å². The molecule has 0 saturated carbocycles. The first-order valence-corrected chi connectivity index (χ1v) is 12.0. The molecule has 1 saturated heterocycles. The van der Waals surface area contributed by atoms with E-state index in [1.165, 1.54) is 6.07 Å². The third-order valence-electron chi connectivity index (χ3n) is 5.13. The molecule has 0 unspecified atom stereocenters. The van der Waals surface area contributed by atoms with Gasteiger partial charge in [-0.2, -0.15) is 5.26 Å². The summed E-state index contributed by atoms with van der Waals surface area (Å²) in [7, 11) is -3.40. The molecule has 1 aromatic heterocycles. The molecule has 29 heavy (non-hydrogen) atoms. The van der Waals surface area contributed by atoms with Crippen LogP contribution in [0.3, 0.4) is 0 Å². The molecule has 0 aliphatic carbocycles. The van der Waals surface area contributed by atoms with Crippen molar-refractivity contribution < 1.29 is 8.42 Å². The molecule has 0 amide bonds. The van der Waals surface area contributed by atoms with Crippen molar-refractivity contribution in [1.82, 2.24) is 9.88 Å². The quantitative estimate of drug-likeness (QED) is 0.600. The van der Waals surface area contributed by atoms with Crippen LogP contribution in [0.5, 0.6) is 0 Å². The number of rotatable bonds is 6. The van der Waals surface area contributed by atoms with Gasteiger partial charge in [0.1, 0.15) is 5.01 Å². The van der Waals surface area contributed by atoms with Crippen LogP contribution < -0.4 is 0 Å². The lowest BCUT2D eigenvalue weighted by atomic mass is 10.2. The van der Waals surface area contributed by atoms with Gasteiger partial charge in [0.05, 0.1) is 34.5 Å². The van der Waals surface area contributed by atoms with E-state index in [1.807, 2.05) is 24.3 Å². The Morgan fingerprint density at radius 2 is 2.00 bits per heavy atom. The maximum absolute atomic E-state index is 12.7. The molecule has 0 bridgehead atoms. The van der Waals surface area contributed by atoms with Gasteiger partial charge in [-0.25, -0.2) is 13.4 Å². The average Bonchev–Trinajstić information content (AvgIpc) is 3.38. The van der Waals surface area contributed by atoms with Crippen LogP contribution in [0.15, 0.2) is 64.9 Å². The standard InChI is InChI=1S/C22H21N3O2S2/c23-12-17-5-4-8-20(11-17)29(26,27)16-18-9-10-25(13-18)14-22-24-21(15-28-22)19-6-2-1-3-7-19/h1-8,11,15,18H,9-10,13-14,16H2/t18-/m1/s1. The second-order valence-corrected chi connectivity index (χ2v) is 10.3. The first-order valence-electron chi connectivity index (χ1n) is 9.48. The summed E-state index contributed by atoms with van der Waals surface area (Å²) in [6.07, 6.45) is 0.855. The number of likely N-dealkylation sites (tertiary alicyclic amines) is 1. The largest absolute Gasteiger partial charge is 0.296 e. The van der Waals surface area contributed by atoms with Crippen LogP contribution in [0.25, 0.3) is 11.3 Å². The number of nitriles is 1. The zero-order chi connectivity index (χ0) is 20.3. The Morgan fingerprint density at radius 3 is 2.79 bits per heavy atom. The summed E-state index contributed by atoms with van der Waals surface area (Å²) < 4.78 is 25.5. The summed E-state index contributed by atoms with van der Waals surface area (Å²) >= 11 is 1.64. The maximum atomic E-state index is 12.7. The molecule has 1 fully saturated rings. The van der Waals surface area contributed by atoms with Crippen molar-refractivity contribution in [2.75, 3.05) is 18.8 Å². The van der Waals surface area contributed by atoms with Crippen LogP contribution in [0.4, 0.5) is 0 Å². The molecular weight excluding hydrogens is 402 g/mol. The van der Waals surface area contributed by atoms with Crippen LogP contribution in [-0.2, 0) is 16.4 Å². The molecule has 0 spiro atoms. The zero-order valence-corrected chi connectivity index (χ0v) is 17.5. The SMILES string of the molecule is N#Cc1cccc(S(=O)(=O)C[C@@H]2CCN(Cc3nc(-c4ccccc4)cs3)C2)c1. The van der Waals surface area contributed by atoms with Crippen molar-refractivity contribution in [2.24, 2.45) is 5.92 Å². The fraction of sp³-hybridized carbons (Fsp3) is 0.273. The van der Waals surface area contributed by atoms with Gasteiger partial charge in [-0.1, -0.05) is 36.4 Å². The molecule has 1 atom stereocenters. The van der Waals surface area contributed by atoms with E-state index in [9.17, 15) is 8.42 Å². The highest BCUT2D eigenvalue weighted by atomic mass is 32.2.